The maximum Gasteiger partial charge on any atom is 0.219 e. The van der Waals surface area contributed by atoms with E-state index in [2.05, 4.69) is 10.2 Å². The van der Waals surface area contributed by atoms with E-state index in [1.54, 1.807) is 20.1 Å². The molecule has 0 atom stereocenters. The molecule has 1 heterocycles. The number of rotatable bonds is 4. The van der Waals surface area contributed by atoms with Crippen molar-refractivity contribution in [3.63, 3.8) is 0 Å². The van der Waals surface area contributed by atoms with E-state index in [-0.39, 0.29) is 5.91 Å². The van der Waals surface area contributed by atoms with Gasteiger partial charge < -0.3 is 19.9 Å². The Hall–Kier alpha value is -1.95. The van der Waals surface area contributed by atoms with E-state index >= 15 is 0 Å². The van der Waals surface area contributed by atoms with E-state index in [0.717, 1.165) is 50.0 Å². The van der Waals surface area contributed by atoms with Crippen molar-refractivity contribution in [1.29, 1.82) is 0 Å². The highest BCUT2D eigenvalue weighted by molar-refractivity contribution is 6.30. The Morgan fingerprint density at radius 3 is 2.54 bits per heavy atom. The van der Waals surface area contributed by atoms with Gasteiger partial charge >= 0.3 is 0 Å². The lowest BCUT2D eigenvalue weighted by Gasteiger charge is -2.36. The van der Waals surface area contributed by atoms with Gasteiger partial charge in [0.25, 0.3) is 0 Å². The number of methoxy groups -OCH3 is 1. The van der Waals surface area contributed by atoms with Crippen molar-refractivity contribution in [2.45, 2.75) is 20.4 Å². The van der Waals surface area contributed by atoms with Crippen molar-refractivity contribution in [3.8, 4) is 5.75 Å². The predicted molar refractivity (Wildman–Crippen MR) is 96.6 cm³/mol. The monoisotopic (exact) mass is 352 g/mol. The first kappa shape index (κ1) is 18.4. The third-order valence-electron chi connectivity index (χ3n) is 4.01. The van der Waals surface area contributed by atoms with Crippen LogP contribution in [0.15, 0.2) is 23.2 Å². The van der Waals surface area contributed by atoms with E-state index in [1.807, 2.05) is 24.0 Å². The van der Waals surface area contributed by atoms with Crippen LogP contribution in [-0.2, 0) is 11.3 Å². The van der Waals surface area contributed by atoms with Crippen LogP contribution in [0.25, 0.3) is 0 Å². The Balaban J connectivity index is 2.07. The topological polar surface area (TPSA) is 57.2 Å². The molecule has 0 bridgehead atoms. The van der Waals surface area contributed by atoms with Crippen LogP contribution in [0.1, 0.15) is 19.4 Å². The summed E-state index contributed by atoms with van der Waals surface area (Å²) in [7, 11) is 1.63. The van der Waals surface area contributed by atoms with Crippen LogP contribution in [-0.4, -0.2) is 61.5 Å². The van der Waals surface area contributed by atoms with Gasteiger partial charge in [0, 0.05) is 50.2 Å². The Morgan fingerprint density at radius 2 is 1.96 bits per heavy atom. The molecular formula is C17H25ClN4O2. The number of ether oxygens (including phenoxy) is 1. The largest absolute Gasteiger partial charge is 0.496 e. The average molecular weight is 353 g/mol. The molecule has 1 aliphatic rings. The van der Waals surface area contributed by atoms with E-state index in [4.69, 9.17) is 21.3 Å². The molecule has 0 aromatic heterocycles. The maximum atomic E-state index is 11.4. The van der Waals surface area contributed by atoms with Gasteiger partial charge in [-0.05, 0) is 19.1 Å². The maximum absolute atomic E-state index is 11.4. The number of carbonyl (C=O) groups is 1. The highest BCUT2D eigenvalue weighted by Crippen LogP contribution is 2.23. The summed E-state index contributed by atoms with van der Waals surface area (Å²) < 4.78 is 5.37. The van der Waals surface area contributed by atoms with Crippen molar-refractivity contribution in [2.75, 3.05) is 39.8 Å². The van der Waals surface area contributed by atoms with Crippen molar-refractivity contribution >= 4 is 23.5 Å². The summed E-state index contributed by atoms with van der Waals surface area (Å²) >= 11 is 6.00. The van der Waals surface area contributed by atoms with Gasteiger partial charge in [-0.3, -0.25) is 4.79 Å². The van der Waals surface area contributed by atoms with Crippen LogP contribution >= 0.6 is 11.6 Å². The summed E-state index contributed by atoms with van der Waals surface area (Å²) in [6.07, 6.45) is 0. The SMILES string of the molecule is CCNC(=NCc1ccc(Cl)cc1OC)N1CCN(C(C)=O)CC1. The molecule has 1 saturated heterocycles. The molecule has 0 spiro atoms. The van der Waals surface area contributed by atoms with Crippen LogP contribution in [0.5, 0.6) is 5.75 Å². The standard InChI is InChI=1S/C17H25ClN4O2/c1-4-19-17(22-9-7-21(8-10-22)13(2)23)20-12-14-5-6-15(18)11-16(14)24-3/h5-6,11H,4,7-10,12H2,1-3H3,(H,19,20). The smallest absolute Gasteiger partial charge is 0.219 e. The molecular weight excluding hydrogens is 328 g/mol. The number of piperazine rings is 1. The molecule has 1 N–H and O–H groups in total. The zero-order valence-electron chi connectivity index (χ0n) is 14.5. The number of amides is 1. The second-order valence-electron chi connectivity index (χ2n) is 5.62. The van der Waals surface area contributed by atoms with Gasteiger partial charge in [0.15, 0.2) is 5.96 Å². The number of nitrogens with zero attached hydrogens (tertiary/aromatic N) is 3. The number of nitrogens with one attached hydrogen (secondary N) is 1. The van der Waals surface area contributed by atoms with E-state index in [1.165, 1.54) is 0 Å². The molecule has 7 heteroatoms. The molecule has 1 aromatic carbocycles. The fourth-order valence-corrected chi connectivity index (χ4v) is 2.83. The number of halogens is 1. The molecule has 0 radical (unpaired) electrons. The molecule has 6 nitrogen and oxygen atoms in total. The third kappa shape index (κ3) is 4.77. The Labute approximate surface area is 148 Å². The summed E-state index contributed by atoms with van der Waals surface area (Å²) in [6.45, 7) is 7.98. The van der Waals surface area contributed by atoms with Crippen LogP contribution in [0.3, 0.4) is 0 Å². The number of benzene rings is 1. The molecule has 2 rings (SSSR count). The van der Waals surface area contributed by atoms with Gasteiger partial charge in [0.1, 0.15) is 5.75 Å². The lowest BCUT2D eigenvalue weighted by atomic mass is 10.2. The number of guanidine groups is 1. The average Bonchev–Trinajstić information content (AvgIpc) is 2.59. The van der Waals surface area contributed by atoms with Gasteiger partial charge in [0.05, 0.1) is 13.7 Å². The molecule has 1 aliphatic heterocycles. The summed E-state index contributed by atoms with van der Waals surface area (Å²) in [5, 5.41) is 3.97. The normalized spacial score (nSPS) is 15.4. The first-order chi connectivity index (χ1) is 11.5. The van der Waals surface area contributed by atoms with Crippen molar-refractivity contribution in [1.82, 2.24) is 15.1 Å². The van der Waals surface area contributed by atoms with Gasteiger partial charge in [-0.25, -0.2) is 4.99 Å². The lowest BCUT2D eigenvalue weighted by molar-refractivity contribution is -0.130. The van der Waals surface area contributed by atoms with Crippen LogP contribution in [0.4, 0.5) is 0 Å². The summed E-state index contributed by atoms with van der Waals surface area (Å²) in [4.78, 5) is 20.2. The first-order valence-corrected chi connectivity index (χ1v) is 8.54. The molecule has 0 aliphatic carbocycles. The fourth-order valence-electron chi connectivity index (χ4n) is 2.67. The minimum atomic E-state index is 0.127. The van der Waals surface area contributed by atoms with Crippen molar-refractivity contribution < 1.29 is 9.53 Å². The van der Waals surface area contributed by atoms with E-state index < -0.39 is 0 Å². The third-order valence-corrected chi connectivity index (χ3v) is 4.24. The number of carbonyl (C=O) groups excluding carboxylic acids is 1. The second kappa shape index (κ2) is 8.78. The van der Waals surface area contributed by atoms with Gasteiger partial charge in [-0.15, -0.1) is 0 Å². The summed E-state index contributed by atoms with van der Waals surface area (Å²) in [5.74, 6) is 1.73. The predicted octanol–water partition coefficient (Wildman–Crippen LogP) is 1.98. The van der Waals surface area contributed by atoms with Crippen molar-refractivity contribution in [2.24, 2.45) is 4.99 Å². The second-order valence-corrected chi connectivity index (χ2v) is 6.06. The Bertz CT molecular complexity index is 598. The van der Waals surface area contributed by atoms with E-state index in [0.29, 0.717) is 11.6 Å². The Kier molecular flexibility index (Phi) is 6.73. The Morgan fingerprint density at radius 1 is 1.29 bits per heavy atom. The number of hydrogen-bond donors (Lipinski definition) is 1. The fraction of sp³-hybridized carbons (Fsp3) is 0.529. The van der Waals surface area contributed by atoms with Gasteiger partial charge in [0.2, 0.25) is 5.91 Å². The number of hydrogen-bond acceptors (Lipinski definition) is 3. The molecule has 24 heavy (non-hydrogen) atoms. The highest BCUT2D eigenvalue weighted by Gasteiger charge is 2.20. The van der Waals surface area contributed by atoms with E-state index in [9.17, 15) is 4.79 Å². The molecule has 132 valence electrons. The highest BCUT2D eigenvalue weighted by atomic mass is 35.5. The lowest BCUT2D eigenvalue weighted by Crippen LogP contribution is -2.53. The summed E-state index contributed by atoms with van der Waals surface area (Å²) in [6, 6.07) is 5.57. The van der Waals surface area contributed by atoms with Crippen LogP contribution in [0, 0.1) is 0 Å². The zero-order valence-corrected chi connectivity index (χ0v) is 15.3. The quantitative estimate of drug-likeness (QED) is 0.665. The van der Waals surface area contributed by atoms with Crippen LogP contribution in [0.2, 0.25) is 5.02 Å². The van der Waals surface area contributed by atoms with Crippen molar-refractivity contribution in [3.05, 3.63) is 28.8 Å². The minimum Gasteiger partial charge on any atom is -0.496 e. The zero-order chi connectivity index (χ0) is 17.5. The summed E-state index contributed by atoms with van der Waals surface area (Å²) in [5.41, 5.74) is 0.986. The van der Waals surface area contributed by atoms with Gasteiger partial charge in [-0.2, -0.15) is 0 Å². The molecule has 1 fully saturated rings. The minimum absolute atomic E-state index is 0.127. The van der Waals surface area contributed by atoms with Gasteiger partial charge in [-0.1, -0.05) is 17.7 Å². The molecule has 1 aromatic rings. The molecule has 1 amide bonds. The first-order valence-electron chi connectivity index (χ1n) is 8.16. The number of aliphatic imine (C=N–C) groups is 1. The molecule has 0 saturated carbocycles. The van der Waals surface area contributed by atoms with Crippen LogP contribution < -0.4 is 10.1 Å². The molecule has 0 unspecified atom stereocenters.